The number of nitrogens with zero attached hydrogens (tertiary/aromatic N) is 1. The van der Waals surface area contributed by atoms with Crippen LogP contribution < -0.4 is 10.2 Å². The quantitative estimate of drug-likeness (QED) is 0.143. The molecule has 0 radical (unpaired) electrons. The number of carbonyl (C=O) groups excluding carboxylic acids is 1. The van der Waals surface area contributed by atoms with Crippen molar-refractivity contribution < 1.29 is 18.7 Å². The fourth-order valence-corrected chi connectivity index (χ4v) is 4.79. The number of rotatable bonds is 12. The van der Waals surface area contributed by atoms with E-state index in [2.05, 4.69) is 24.0 Å². The molecule has 216 valence electrons. The van der Waals surface area contributed by atoms with Crippen molar-refractivity contribution in [3.05, 3.63) is 137 Å². The molecule has 1 unspecified atom stereocenters. The zero-order chi connectivity index (χ0) is 28.4. The van der Waals surface area contributed by atoms with E-state index in [1.165, 1.54) is 11.6 Å². The maximum absolute atomic E-state index is 13.1. The fraction of sp³-hybridized carbons (Fsp3) is 0.200. The molecule has 6 nitrogen and oxygen atoms in total. The third-order valence-corrected chi connectivity index (χ3v) is 6.74. The number of para-hydroxylation sites is 1. The van der Waals surface area contributed by atoms with Gasteiger partial charge in [-0.15, -0.1) is 12.4 Å². The Hall–Kier alpha value is -4.39. The topological polar surface area (TPSA) is 69.0 Å². The zero-order valence-electron chi connectivity index (χ0n) is 23.5. The van der Waals surface area contributed by atoms with Crippen molar-refractivity contribution in [3.63, 3.8) is 0 Å². The van der Waals surface area contributed by atoms with E-state index in [1.54, 1.807) is 30.3 Å². The predicted octanol–water partition coefficient (Wildman–Crippen LogP) is 7.40. The second kappa shape index (κ2) is 15.0. The average molecular weight is 584 g/mol. The molecule has 0 saturated carbocycles. The molecule has 0 N–H and O–H groups in total. The lowest BCUT2D eigenvalue weighted by Gasteiger charge is -2.27. The molecule has 42 heavy (non-hydrogen) atoms. The SMILES string of the molecule is CCCN(Cc1ccccc1)CC(COc1cccc2c(=O)cc(-c3ccccc3)oc12)OC(=O)c1ccccc1.Cl. The Bertz CT molecular complexity index is 1620. The van der Waals surface area contributed by atoms with Crippen molar-refractivity contribution in [1.29, 1.82) is 0 Å². The summed E-state index contributed by atoms with van der Waals surface area (Å²) in [5.41, 5.74) is 2.67. The molecule has 0 amide bonds. The number of benzene rings is 4. The Balaban J connectivity index is 0.00000405. The Morgan fingerprint density at radius 1 is 0.857 bits per heavy atom. The first-order valence-corrected chi connectivity index (χ1v) is 13.9. The highest BCUT2D eigenvalue weighted by Gasteiger charge is 2.22. The van der Waals surface area contributed by atoms with Crippen LogP contribution in [0.4, 0.5) is 0 Å². The van der Waals surface area contributed by atoms with Crippen LogP contribution in [0.25, 0.3) is 22.3 Å². The molecule has 4 aromatic carbocycles. The molecule has 5 aromatic rings. The van der Waals surface area contributed by atoms with Crippen LogP contribution in [0.5, 0.6) is 5.75 Å². The van der Waals surface area contributed by atoms with Crippen LogP contribution in [0.3, 0.4) is 0 Å². The summed E-state index contributed by atoms with van der Waals surface area (Å²) in [6.45, 7) is 4.24. The first-order chi connectivity index (χ1) is 20.1. The van der Waals surface area contributed by atoms with Crippen LogP contribution in [0.15, 0.2) is 124 Å². The van der Waals surface area contributed by atoms with Gasteiger partial charge in [0.2, 0.25) is 0 Å². The molecular formula is C35H34ClNO5. The van der Waals surface area contributed by atoms with Crippen LogP contribution in [0.2, 0.25) is 0 Å². The van der Waals surface area contributed by atoms with Gasteiger partial charge in [0.1, 0.15) is 18.5 Å². The van der Waals surface area contributed by atoms with Gasteiger partial charge in [0.15, 0.2) is 16.8 Å². The minimum atomic E-state index is -0.572. The predicted molar refractivity (Wildman–Crippen MR) is 168 cm³/mol. The molecule has 1 heterocycles. The number of ether oxygens (including phenoxy) is 2. The van der Waals surface area contributed by atoms with Gasteiger partial charge in [-0.1, -0.05) is 91.9 Å². The van der Waals surface area contributed by atoms with Gasteiger partial charge in [-0.25, -0.2) is 4.79 Å². The molecule has 1 atom stereocenters. The van der Waals surface area contributed by atoms with E-state index < -0.39 is 12.1 Å². The van der Waals surface area contributed by atoms with Crippen molar-refractivity contribution in [2.45, 2.75) is 26.0 Å². The average Bonchev–Trinajstić information content (AvgIpc) is 3.01. The van der Waals surface area contributed by atoms with Gasteiger partial charge in [-0.3, -0.25) is 9.69 Å². The molecule has 5 rings (SSSR count). The maximum Gasteiger partial charge on any atom is 0.338 e. The minimum Gasteiger partial charge on any atom is -0.486 e. The van der Waals surface area contributed by atoms with Crippen molar-refractivity contribution in [1.82, 2.24) is 4.90 Å². The summed E-state index contributed by atoms with van der Waals surface area (Å²) < 4.78 is 18.5. The normalized spacial score (nSPS) is 11.6. The molecule has 0 fully saturated rings. The van der Waals surface area contributed by atoms with Crippen LogP contribution in [-0.2, 0) is 11.3 Å². The lowest BCUT2D eigenvalue weighted by molar-refractivity contribution is 0.00499. The number of halogens is 1. The van der Waals surface area contributed by atoms with Crippen molar-refractivity contribution in [2.24, 2.45) is 0 Å². The van der Waals surface area contributed by atoms with E-state index in [0.29, 0.717) is 34.6 Å². The first kappa shape index (κ1) is 30.6. The summed E-state index contributed by atoms with van der Waals surface area (Å²) >= 11 is 0. The van der Waals surface area contributed by atoms with Crippen LogP contribution in [-0.4, -0.2) is 36.7 Å². The molecule has 0 saturated heterocycles. The largest absolute Gasteiger partial charge is 0.486 e. The first-order valence-electron chi connectivity index (χ1n) is 13.9. The van der Waals surface area contributed by atoms with E-state index in [-0.39, 0.29) is 24.4 Å². The van der Waals surface area contributed by atoms with Gasteiger partial charge < -0.3 is 13.9 Å². The minimum absolute atomic E-state index is 0. The van der Waals surface area contributed by atoms with Crippen LogP contribution in [0, 0.1) is 0 Å². The Morgan fingerprint density at radius 2 is 1.52 bits per heavy atom. The Morgan fingerprint density at radius 3 is 2.21 bits per heavy atom. The van der Waals surface area contributed by atoms with Crippen LogP contribution >= 0.6 is 12.4 Å². The number of hydrogen-bond donors (Lipinski definition) is 0. The molecule has 0 aliphatic rings. The number of esters is 1. The van der Waals surface area contributed by atoms with E-state index >= 15 is 0 Å². The van der Waals surface area contributed by atoms with Gasteiger partial charge in [0.05, 0.1) is 10.9 Å². The Kier molecular flexibility index (Phi) is 10.9. The molecule has 0 aliphatic heterocycles. The van der Waals surface area contributed by atoms with E-state index in [1.807, 2.05) is 66.7 Å². The molecule has 0 spiro atoms. The maximum atomic E-state index is 13.1. The van der Waals surface area contributed by atoms with Gasteiger partial charge in [-0.2, -0.15) is 0 Å². The molecular weight excluding hydrogens is 550 g/mol. The summed E-state index contributed by atoms with van der Waals surface area (Å²) in [7, 11) is 0. The highest BCUT2D eigenvalue weighted by atomic mass is 35.5. The van der Waals surface area contributed by atoms with Gasteiger partial charge in [0, 0.05) is 24.7 Å². The van der Waals surface area contributed by atoms with Crippen molar-refractivity contribution in [2.75, 3.05) is 19.7 Å². The molecule has 0 aliphatic carbocycles. The third-order valence-electron chi connectivity index (χ3n) is 6.74. The van der Waals surface area contributed by atoms with Crippen molar-refractivity contribution in [3.8, 4) is 17.1 Å². The smallest absolute Gasteiger partial charge is 0.338 e. The zero-order valence-corrected chi connectivity index (χ0v) is 24.3. The number of hydrogen-bond acceptors (Lipinski definition) is 6. The van der Waals surface area contributed by atoms with E-state index in [9.17, 15) is 9.59 Å². The monoisotopic (exact) mass is 583 g/mol. The molecule has 7 heteroatoms. The lowest BCUT2D eigenvalue weighted by atomic mass is 10.1. The summed E-state index contributed by atoms with van der Waals surface area (Å²) in [5, 5.41) is 0.427. The number of carbonyl (C=O) groups is 1. The highest BCUT2D eigenvalue weighted by molar-refractivity contribution is 5.89. The van der Waals surface area contributed by atoms with Gasteiger partial charge >= 0.3 is 5.97 Å². The summed E-state index contributed by atoms with van der Waals surface area (Å²) in [4.78, 5) is 28.3. The third kappa shape index (κ3) is 7.87. The van der Waals surface area contributed by atoms with E-state index in [0.717, 1.165) is 25.1 Å². The standard InChI is InChI=1S/C35H33NO5.ClH/c1-2-21-36(23-26-13-6-3-7-14-26)24-29(40-35(38)28-17-10-5-11-18-28)25-39-32-20-12-19-30-31(37)22-33(41-34(30)32)27-15-8-4-9-16-27;/h3-20,22,29H,2,21,23-25H2,1H3;1H. The Labute approximate surface area is 251 Å². The summed E-state index contributed by atoms with van der Waals surface area (Å²) in [6, 6.07) is 35.4. The fourth-order valence-electron chi connectivity index (χ4n) is 4.79. The van der Waals surface area contributed by atoms with Crippen LogP contribution in [0.1, 0.15) is 29.3 Å². The van der Waals surface area contributed by atoms with Gasteiger partial charge in [-0.05, 0) is 42.8 Å². The second-order valence-corrected chi connectivity index (χ2v) is 9.90. The number of fused-ring (bicyclic) bond motifs is 1. The molecule has 0 bridgehead atoms. The summed E-state index contributed by atoms with van der Waals surface area (Å²) in [5.74, 6) is 0.470. The highest BCUT2D eigenvalue weighted by Crippen LogP contribution is 2.29. The van der Waals surface area contributed by atoms with E-state index in [4.69, 9.17) is 13.9 Å². The molecule has 1 aromatic heterocycles. The van der Waals surface area contributed by atoms with Gasteiger partial charge in [0.25, 0.3) is 0 Å². The lowest BCUT2D eigenvalue weighted by Crippen LogP contribution is -2.38. The van der Waals surface area contributed by atoms with Crippen molar-refractivity contribution >= 4 is 29.3 Å². The second-order valence-electron chi connectivity index (χ2n) is 9.90. The summed E-state index contributed by atoms with van der Waals surface area (Å²) in [6.07, 6.45) is 0.376.